The van der Waals surface area contributed by atoms with Crippen LogP contribution in [-0.2, 0) is 10.0 Å². The molecule has 0 saturated carbocycles. The zero-order valence-corrected chi connectivity index (χ0v) is 14.4. The largest absolute Gasteiger partial charge is 0.454 e. The first kappa shape index (κ1) is 15.9. The van der Waals surface area contributed by atoms with Crippen molar-refractivity contribution in [2.45, 2.75) is 10.8 Å². The fourth-order valence-corrected chi connectivity index (χ4v) is 5.53. The molecule has 0 spiro atoms. The highest BCUT2D eigenvalue weighted by molar-refractivity contribution is 7.89. The van der Waals surface area contributed by atoms with Crippen LogP contribution < -0.4 is 9.47 Å². The monoisotopic (exact) mass is 367 g/mol. The van der Waals surface area contributed by atoms with Crippen molar-refractivity contribution in [3.8, 4) is 11.5 Å². The van der Waals surface area contributed by atoms with Crippen LogP contribution in [0.25, 0.3) is 0 Å². The minimum absolute atomic E-state index is 0.0186. The molecule has 1 fully saturated rings. The summed E-state index contributed by atoms with van der Waals surface area (Å²) in [4.78, 5) is 0.189. The molecule has 128 valence electrons. The lowest BCUT2D eigenvalue weighted by Gasteiger charge is -2.16. The van der Waals surface area contributed by atoms with Crippen molar-refractivity contribution >= 4 is 21.4 Å². The molecule has 0 bridgehead atoms. The Morgan fingerprint density at radius 2 is 2.04 bits per heavy atom. The van der Waals surface area contributed by atoms with Gasteiger partial charge < -0.3 is 14.6 Å². The van der Waals surface area contributed by atoms with Crippen molar-refractivity contribution in [1.29, 1.82) is 0 Å². The molecular weight excluding hydrogens is 350 g/mol. The molecule has 4 rings (SSSR count). The first-order valence-corrected chi connectivity index (χ1v) is 10.0. The highest BCUT2D eigenvalue weighted by atomic mass is 32.2. The molecule has 0 radical (unpaired) electrons. The first-order valence-electron chi connectivity index (χ1n) is 7.62. The number of fused-ring (bicyclic) bond motifs is 1. The van der Waals surface area contributed by atoms with Crippen molar-refractivity contribution in [3.05, 3.63) is 40.6 Å². The molecule has 2 aromatic rings. The summed E-state index contributed by atoms with van der Waals surface area (Å²) < 4.78 is 37.9. The number of aliphatic hydroxyl groups excluding tert-OH is 1. The van der Waals surface area contributed by atoms with E-state index in [1.54, 1.807) is 17.4 Å². The van der Waals surface area contributed by atoms with Gasteiger partial charge in [-0.05, 0) is 34.5 Å². The van der Waals surface area contributed by atoms with E-state index in [9.17, 15) is 13.5 Å². The Hall–Kier alpha value is -1.61. The normalized spacial score (nSPS) is 23.7. The minimum atomic E-state index is -3.64. The maximum absolute atomic E-state index is 13.0. The SMILES string of the molecule is O=S(=O)(c1ccc2c(c1)OCO2)N1C[C@@H](CO)[C@@H](c2ccsc2)C1. The van der Waals surface area contributed by atoms with Crippen molar-refractivity contribution in [2.75, 3.05) is 26.5 Å². The maximum Gasteiger partial charge on any atom is 0.243 e. The second-order valence-electron chi connectivity index (χ2n) is 5.94. The predicted molar refractivity (Wildman–Crippen MR) is 89.0 cm³/mol. The number of ether oxygens (including phenoxy) is 2. The predicted octanol–water partition coefficient (Wildman–Crippen LogP) is 1.87. The van der Waals surface area contributed by atoms with Crippen molar-refractivity contribution in [1.82, 2.24) is 4.31 Å². The molecular formula is C16H17NO5S2. The van der Waals surface area contributed by atoms with Gasteiger partial charge in [-0.3, -0.25) is 0 Å². The number of thiophene rings is 1. The zero-order valence-electron chi connectivity index (χ0n) is 12.8. The summed E-state index contributed by atoms with van der Waals surface area (Å²) in [6.45, 7) is 0.759. The van der Waals surface area contributed by atoms with E-state index in [2.05, 4.69) is 0 Å². The Balaban J connectivity index is 1.63. The van der Waals surface area contributed by atoms with Crippen molar-refractivity contribution in [3.63, 3.8) is 0 Å². The van der Waals surface area contributed by atoms with E-state index in [1.807, 2.05) is 16.8 Å². The van der Waals surface area contributed by atoms with Gasteiger partial charge in [0.2, 0.25) is 16.8 Å². The van der Waals surface area contributed by atoms with E-state index < -0.39 is 10.0 Å². The molecule has 2 aliphatic rings. The summed E-state index contributed by atoms with van der Waals surface area (Å²) in [6, 6.07) is 6.65. The molecule has 1 aromatic carbocycles. The molecule has 24 heavy (non-hydrogen) atoms. The number of nitrogens with zero attached hydrogens (tertiary/aromatic N) is 1. The third kappa shape index (κ3) is 2.59. The van der Waals surface area contributed by atoms with E-state index in [0.717, 1.165) is 5.56 Å². The Labute approximate surface area is 144 Å². The van der Waals surface area contributed by atoms with Gasteiger partial charge in [0, 0.05) is 37.6 Å². The van der Waals surface area contributed by atoms with Gasteiger partial charge in [-0.2, -0.15) is 15.6 Å². The van der Waals surface area contributed by atoms with E-state index in [1.165, 1.54) is 16.4 Å². The quantitative estimate of drug-likeness (QED) is 0.893. The van der Waals surface area contributed by atoms with E-state index in [0.29, 0.717) is 24.6 Å². The standard InChI is InChI=1S/C16H17NO5S2/c18-8-12-6-17(7-14(12)11-3-4-23-9-11)24(19,20)13-1-2-15-16(5-13)22-10-21-15/h1-5,9,12,14,18H,6-8,10H2/t12-,14+/m0/s1. The lowest BCUT2D eigenvalue weighted by Crippen LogP contribution is -2.29. The highest BCUT2D eigenvalue weighted by Crippen LogP contribution is 2.38. The third-order valence-electron chi connectivity index (χ3n) is 4.60. The fourth-order valence-electron chi connectivity index (χ4n) is 3.26. The van der Waals surface area contributed by atoms with E-state index in [4.69, 9.17) is 9.47 Å². The van der Waals surface area contributed by atoms with Crippen LogP contribution in [0.1, 0.15) is 11.5 Å². The first-order chi connectivity index (χ1) is 11.6. The molecule has 2 aliphatic heterocycles. The average molecular weight is 367 g/mol. The van der Waals surface area contributed by atoms with Crippen molar-refractivity contribution < 1.29 is 23.0 Å². The van der Waals surface area contributed by atoms with Gasteiger partial charge in [0.05, 0.1) is 4.90 Å². The summed E-state index contributed by atoms with van der Waals surface area (Å²) in [5.41, 5.74) is 1.09. The number of hydrogen-bond acceptors (Lipinski definition) is 6. The second-order valence-corrected chi connectivity index (χ2v) is 8.66. The van der Waals surface area contributed by atoms with Crippen molar-refractivity contribution in [2.24, 2.45) is 5.92 Å². The fraction of sp³-hybridized carbons (Fsp3) is 0.375. The maximum atomic E-state index is 13.0. The Kier molecular flexibility index (Phi) is 4.00. The van der Waals surface area contributed by atoms with Crippen LogP contribution in [0.5, 0.6) is 11.5 Å². The number of hydrogen-bond donors (Lipinski definition) is 1. The topological polar surface area (TPSA) is 76.1 Å². The number of aliphatic hydroxyl groups is 1. The Morgan fingerprint density at radius 3 is 2.79 bits per heavy atom. The molecule has 0 aliphatic carbocycles. The molecule has 1 aromatic heterocycles. The molecule has 1 N–H and O–H groups in total. The van der Waals surface area contributed by atoms with Gasteiger partial charge in [0.1, 0.15) is 0 Å². The van der Waals surface area contributed by atoms with Crippen LogP contribution in [0.2, 0.25) is 0 Å². The van der Waals surface area contributed by atoms with Crippen LogP contribution in [0.15, 0.2) is 39.9 Å². The van der Waals surface area contributed by atoms with Gasteiger partial charge in [-0.25, -0.2) is 8.42 Å². The average Bonchev–Trinajstić information content (AvgIpc) is 3.31. The molecule has 0 unspecified atom stereocenters. The summed E-state index contributed by atoms with van der Waals surface area (Å²) in [7, 11) is -3.64. The third-order valence-corrected chi connectivity index (χ3v) is 7.12. The van der Waals surface area contributed by atoms with Crippen LogP contribution in [0, 0.1) is 5.92 Å². The van der Waals surface area contributed by atoms with Crippen LogP contribution in [0.3, 0.4) is 0 Å². The highest BCUT2D eigenvalue weighted by Gasteiger charge is 2.40. The molecule has 2 atom stereocenters. The second kappa shape index (κ2) is 6.03. The summed E-state index contributed by atoms with van der Waals surface area (Å²) in [5.74, 6) is 0.927. The van der Waals surface area contributed by atoms with Gasteiger partial charge in [0.25, 0.3) is 0 Å². The smallest absolute Gasteiger partial charge is 0.243 e. The van der Waals surface area contributed by atoms with Crippen LogP contribution >= 0.6 is 11.3 Å². The number of sulfonamides is 1. The summed E-state index contributed by atoms with van der Waals surface area (Å²) >= 11 is 1.58. The molecule has 6 nitrogen and oxygen atoms in total. The Bertz CT molecular complexity index is 834. The molecule has 8 heteroatoms. The lowest BCUT2D eigenvalue weighted by atomic mass is 9.92. The van der Waals surface area contributed by atoms with Gasteiger partial charge in [0.15, 0.2) is 11.5 Å². The van der Waals surface area contributed by atoms with Gasteiger partial charge >= 0.3 is 0 Å². The zero-order chi connectivity index (χ0) is 16.7. The lowest BCUT2D eigenvalue weighted by molar-refractivity contribution is 0.174. The van der Waals surface area contributed by atoms with E-state index in [-0.39, 0.29) is 30.1 Å². The van der Waals surface area contributed by atoms with Gasteiger partial charge in [-0.1, -0.05) is 0 Å². The Morgan fingerprint density at radius 1 is 1.21 bits per heavy atom. The van der Waals surface area contributed by atoms with Gasteiger partial charge in [-0.15, -0.1) is 0 Å². The minimum Gasteiger partial charge on any atom is -0.454 e. The van der Waals surface area contributed by atoms with Crippen LogP contribution in [0.4, 0.5) is 0 Å². The van der Waals surface area contributed by atoms with Crippen LogP contribution in [-0.4, -0.2) is 44.3 Å². The summed E-state index contributed by atoms with van der Waals surface area (Å²) in [6.07, 6.45) is 0. The number of rotatable bonds is 4. The van der Waals surface area contributed by atoms with E-state index >= 15 is 0 Å². The molecule has 3 heterocycles. The number of benzene rings is 1. The molecule has 0 amide bonds. The molecule has 1 saturated heterocycles. The summed E-state index contributed by atoms with van der Waals surface area (Å²) in [5, 5.41) is 13.7.